The molecule has 2 atom stereocenters. The second kappa shape index (κ2) is 6.25. The largest absolute Gasteiger partial charge is 0.350 e. The standard InChI is InChI=1S/C19H23NOS/c1-12-10-18(14(3)22-12)13(2)20-19(21)11-16-9-8-15-6-4-5-7-17(15)16/h4-7,10,13,16H,8-9,11H2,1-3H3,(H,20,21). The zero-order valence-corrected chi connectivity index (χ0v) is 14.3. The van der Waals surface area contributed by atoms with Gasteiger partial charge in [0.15, 0.2) is 0 Å². The van der Waals surface area contributed by atoms with Gasteiger partial charge in [-0.25, -0.2) is 0 Å². The van der Waals surface area contributed by atoms with Crippen molar-refractivity contribution in [2.45, 2.75) is 52.0 Å². The molecule has 0 saturated heterocycles. The van der Waals surface area contributed by atoms with Crippen molar-refractivity contribution in [2.75, 3.05) is 0 Å². The van der Waals surface area contributed by atoms with Crippen molar-refractivity contribution in [2.24, 2.45) is 0 Å². The molecule has 1 aromatic carbocycles. The third kappa shape index (κ3) is 3.09. The van der Waals surface area contributed by atoms with Gasteiger partial charge in [0.2, 0.25) is 5.91 Å². The molecule has 0 radical (unpaired) electrons. The summed E-state index contributed by atoms with van der Waals surface area (Å²) in [7, 11) is 0. The van der Waals surface area contributed by atoms with E-state index >= 15 is 0 Å². The molecule has 1 N–H and O–H groups in total. The molecular formula is C19H23NOS. The fourth-order valence-electron chi connectivity index (χ4n) is 3.54. The number of thiophene rings is 1. The van der Waals surface area contributed by atoms with E-state index in [-0.39, 0.29) is 11.9 Å². The first kappa shape index (κ1) is 15.3. The molecule has 0 aliphatic heterocycles. The zero-order valence-electron chi connectivity index (χ0n) is 13.5. The molecule has 116 valence electrons. The molecule has 2 aromatic rings. The lowest BCUT2D eigenvalue weighted by molar-refractivity contribution is -0.122. The molecule has 0 spiro atoms. The van der Waals surface area contributed by atoms with Crippen LogP contribution in [0.3, 0.4) is 0 Å². The lowest BCUT2D eigenvalue weighted by Gasteiger charge is -2.16. The number of carbonyl (C=O) groups excluding carboxylic acids is 1. The molecule has 0 fully saturated rings. The minimum absolute atomic E-state index is 0.0918. The highest BCUT2D eigenvalue weighted by molar-refractivity contribution is 7.12. The average Bonchev–Trinajstić information content (AvgIpc) is 3.02. The van der Waals surface area contributed by atoms with Gasteiger partial charge in [0.1, 0.15) is 0 Å². The number of benzene rings is 1. The Morgan fingerprint density at radius 1 is 1.36 bits per heavy atom. The Morgan fingerprint density at radius 2 is 2.14 bits per heavy atom. The van der Waals surface area contributed by atoms with Gasteiger partial charge in [0, 0.05) is 16.2 Å². The second-order valence-electron chi connectivity index (χ2n) is 6.30. The first-order valence-electron chi connectivity index (χ1n) is 7.98. The lowest BCUT2D eigenvalue weighted by Crippen LogP contribution is -2.27. The van der Waals surface area contributed by atoms with Crippen LogP contribution in [-0.2, 0) is 11.2 Å². The van der Waals surface area contributed by atoms with Gasteiger partial charge in [-0.05, 0) is 62.3 Å². The number of fused-ring (bicyclic) bond motifs is 1. The molecule has 22 heavy (non-hydrogen) atoms. The number of hydrogen-bond donors (Lipinski definition) is 1. The zero-order chi connectivity index (χ0) is 15.7. The van der Waals surface area contributed by atoms with Gasteiger partial charge in [0.05, 0.1) is 6.04 Å². The molecular weight excluding hydrogens is 290 g/mol. The Hall–Kier alpha value is -1.61. The third-order valence-electron chi connectivity index (χ3n) is 4.61. The quantitative estimate of drug-likeness (QED) is 0.873. The van der Waals surface area contributed by atoms with Crippen LogP contribution in [0.5, 0.6) is 0 Å². The normalized spacial score (nSPS) is 18.0. The van der Waals surface area contributed by atoms with E-state index in [4.69, 9.17) is 0 Å². The molecule has 0 saturated carbocycles. The summed E-state index contributed by atoms with van der Waals surface area (Å²) < 4.78 is 0. The summed E-state index contributed by atoms with van der Waals surface area (Å²) in [6.45, 7) is 6.32. The van der Waals surface area contributed by atoms with E-state index in [9.17, 15) is 4.79 Å². The van der Waals surface area contributed by atoms with Crippen LogP contribution in [0.1, 0.15) is 58.2 Å². The summed E-state index contributed by atoms with van der Waals surface area (Å²) in [5, 5.41) is 3.18. The molecule has 3 rings (SSSR count). The van der Waals surface area contributed by atoms with Crippen LogP contribution >= 0.6 is 11.3 Å². The van der Waals surface area contributed by atoms with Crippen molar-refractivity contribution in [3.05, 3.63) is 56.8 Å². The van der Waals surface area contributed by atoms with Crippen molar-refractivity contribution < 1.29 is 4.79 Å². The predicted molar refractivity (Wildman–Crippen MR) is 92.5 cm³/mol. The van der Waals surface area contributed by atoms with E-state index in [1.807, 2.05) is 0 Å². The maximum atomic E-state index is 12.4. The van der Waals surface area contributed by atoms with Crippen LogP contribution in [0.15, 0.2) is 30.3 Å². The summed E-state index contributed by atoms with van der Waals surface area (Å²) in [4.78, 5) is 15.0. The van der Waals surface area contributed by atoms with E-state index in [0.29, 0.717) is 12.3 Å². The summed E-state index contributed by atoms with van der Waals surface area (Å²) >= 11 is 1.80. The van der Waals surface area contributed by atoms with Crippen molar-refractivity contribution in [1.82, 2.24) is 5.32 Å². The summed E-state index contributed by atoms with van der Waals surface area (Å²) in [5.41, 5.74) is 4.04. The highest BCUT2D eigenvalue weighted by Crippen LogP contribution is 2.35. The van der Waals surface area contributed by atoms with E-state index in [0.717, 1.165) is 12.8 Å². The number of carbonyl (C=O) groups is 1. The summed E-state index contributed by atoms with van der Waals surface area (Å²) in [6, 6.07) is 10.8. The number of aryl methyl sites for hydroxylation is 3. The molecule has 0 bridgehead atoms. The van der Waals surface area contributed by atoms with E-state index < -0.39 is 0 Å². The summed E-state index contributed by atoms with van der Waals surface area (Å²) in [5.74, 6) is 0.547. The summed E-state index contributed by atoms with van der Waals surface area (Å²) in [6.07, 6.45) is 2.80. The number of amides is 1. The van der Waals surface area contributed by atoms with Crippen molar-refractivity contribution >= 4 is 17.2 Å². The van der Waals surface area contributed by atoms with Crippen LogP contribution < -0.4 is 5.32 Å². The third-order valence-corrected chi connectivity index (χ3v) is 5.59. The minimum atomic E-state index is 0.0918. The smallest absolute Gasteiger partial charge is 0.221 e. The van der Waals surface area contributed by atoms with Gasteiger partial charge in [-0.3, -0.25) is 4.79 Å². The van der Waals surface area contributed by atoms with E-state index in [1.165, 1.54) is 26.4 Å². The predicted octanol–water partition coefficient (Wildman–Crippen LogP) is 4.66. The SMILES string of the molecule is Cc1cc(C(C)NC(=O)CC2CCc3ccccc32)c(C)s1. The van der Waals surface area contributed by atoms with Crippen molar-refractivity contribution in [3.8, 4) is 0 Å². The van der Waals surface area contributed by atoms with E-state index in [1.54, 1.807) is 11.3 Å². The van der Waals surface area contributed by atoms with Gasteiger partial charge >= 0.3 is 0 Å². The highest BCUT2D eigenvalue weighted by Gasteiger charge is 2.25. The van der Waals surface area contributed by atoms with Gasteiger partial charge in [-0.1, -0.05) is 24.3 Å². The molecule has 2 nitrogen and oxygen atoms in total. The number of rotatable bonds is 4. The van der Waals surface area contributed by atoms with Gasteiger partial charge in [-0.2, -0.15) is 0 Å². The minimum Gasteiger partial charge on any atom is -0.350 e. The van der Waals surface area contributed by atoms with Crippen molar-refractivity contribution in [1.29, 1.82) is 0 Å². The lowest BCUT2D eigenvalue weighted by atomic mass is 9.97. The Kier molecular flexibility index (Phi) is 4.34. The Labute approximate surface area is 136 Å². The fourth-order valence-corrected chi connectivity index (χ4v) is 4.56. The monoisotopic (exact) mass is 313 g/mol. The molecule has 1 heterocycles. The molecule has 2 unspecified atom stereocenters. The molecule has 3 heteroatoms. The number of nitrogens with one attached hydrogen (secondary N) is 1. The van der Waals surface area contributed by atoms with Crippen LogP contribution in [0, 0.1) is 13.8 Å². The number of hydrogen-bond acceptors (Lipinski definition) is 2. The van der Waals surface area contributed by atoms with Gasteiger partial charge < -0.3 is 5.32 Å². The molecule has 1 amide bonds. The Bertz CT molecular complexity index is 688. The molecule has 1 aromatic heterocycles. The Balaban J connectivity index is 1.63. The van der Waals surface area contributed by atoms with Crippen molar-refractivity contribution in [3.63, 3.8) is 0 Å². The maximum absolute atomic E-state index is 12.4. The maximum Gasteiger partial charge on any atom is 0.221 e. The van der Waals surface area contributed by atoms with Crippen LogP contribution in [0.2, 0.25) is 0 Å². The Morgan fingerprint density at radius 3 is 2.86 bits per heavy atom. The topological polar surface area (TPSA) is 29.1 Å². The van der Waals surface area contributed by atoms with Gasteiger partial charge in [-0.15, -0.1) is 11.3 Å². The van der Waals surface area contributed by atoms with E-state index in [2.05, 4.69) is 56.4 Å². The fraction of sp³-hybridized carbons (Fsp3) is 0.421. The van der Waals surface area contributed by atoms with Crippen LogP contribution in [-0.4, -0.2) is 5.91 Å². The highest BCUT2D eigenvalue weighted by atomic mass is 32.1. The molecule has 1 aliphatic carbocycles. The molecule has 1 aliphatic rings. The average molecular weight is 313 g/mol. The van der Waals surface area contributed by atoms with Gasteiger partial charge in [0.25, 0.3) is 0 Å². The second-order valence-corrected chi connectivity index (χ2v) is 7.76. The first-order valence-corrected chi connectivity index (χ1v) is 8.80. The van der Waals surface area contributed by atoms with Crippen LogP contribution in [0.25, 0.3) is 0 Å². The van der Waals surface area contributed by atoms with Crippen LogP contribution in [0.4, 0.5) is 0 Å². The first-order chi connectivity index (χ1) is 10.5.